The van der Waals surface area contributed by atoms with Crippen molar-refractivity contribution in [3.05, 3.63) is 48.0 Å². The Morgan fingerprint density at radius 1 is 1.24 bits per heavy atom. The van der Waals surface area contributed by atoms with Crippen molar-refractivity contribution in [2.75, 3.05) is 13.4 Å². The van der Waals surface area contributed by atoms with Crippen LogP contribution in [0.4, 0.5) is 0 Å². The van der Waals surface area contributed by atoms with Gasteiger partial charge in [-0.3, -0.25) is 4.79 Å². The molecule has 0 bridgehead atoms. The molecule has 0 aliphatic carbocycles. The molecule has 0 saturated carbocycles. The van der Waals surface area contributed by atoms with Crippen LogP contribution >= 0.6 is 11.8 Å². The van der Waals surface area contributed by atoms with Gasteiger partial charge in [-0.25, -0.2) is 0 Å². The van der Waals surface area contributed by atoms with Crippen LogP contribution in [0.1, 0.15) is 10.4 Å². The average molecular weight is 299 g/mol. The number of thioether (sulfide) groups is 1. The van der Waals surface area contributed by atoms with Crippen LogP contribution in [0.2, 0.25) is 0 Å². The van der Waals surface area contributed by atoms with E-state index < -0.39 is 0 Å². The van der Waals surface area contributed by atoms with Gasteiger partial charge in [-0.05, 0) is 36.6 Å². The van der Waals surface area contributed by atoms with Gasteiger partial charge in [0.1, 0.15) is 11.3 Å². The van der Waals surface area contributed by atoms with E-state index in [4.69, 9.17) is 4.74 Å². The van der Waals surface area contributed by atoms with Crippen molar-refractivity contribution in [1.82, 2.24) is 15.0 Å². The summed E-state index contributed by atoms with van der Waals surface area (Å²) in [6, 6.07) is 12.8. The Labute approximate surface area is 125 Å². The van der Waals surface area contributed by atoms with Crippen LogP contribution in [-0.4, -0.2) is 34.3 Å². The van der Waals surface area contributed by atoms with Crippen LogP contribution < -0.4 is 4.74 Å². The third-order valence-corrected chi connectivity index (χ3v) is 3.91. The minimum atomic E-state index is -0.256. The highest BCUT2D eigenvalue weighted by atomic mass is 32.2. The van der Waals surface area contributed by atoms with Crippen LogP contribution in [0.3, 0.4) is 0 Å². The maximum absolute atomic E-state index is 12.7. The van der Waals surface area contributed by atoms with Crippen molar-refractivity contribution in [2.24, 2.45) is 0 Å². The first kappa shape index (κ1) is 13.6. The van der Waals surface area contributed by atoms with Crippen LogP contribution in [0, 0.1) is 0 Å². The second-order valence-electron chi connectivity index (χ2n) is 4.36. The highest BCUT2D eigenvalue weighted by Gasteiger charge is 2.18. The highest BCUT2D eigenvalue weighted by molar-refractivity contribution is 7.98. The molecule has 0 N–H and O–H groups in total. The summed E-state index contributed by atoms with van der Waals surface area (Å²) >= 11 is 1.59. The Balaban J connectivity index is 2.10. The van der Waals surface area contributed by atoms with E-state index in [1.807, 2.05) is 42.7 Å². The zero-order valence-electron chi connectivity index (χ0n) is 11.6. The Morgan fingerprint density at radius 2 is 2.05 bits per heavy atom. The molecule has 0 radical (unpaired) electrons. The van der Waals surface area contributed by atoms with Gasteiger partial charge in [0.25, 0.3) is 5.91 Å². The second kappa shape index (κ2) is 5.57. The Bertz CT molecular complexity index is 814. The SMILES string of the molecule is COc1cc(SC)ccc1C(=O)n1nnc2ccccc21. The topological polar surface area (TPSA) is 57.0 Å². The van der Waals surface area contributed by atoms with Gasteiger partial charge in [-0.2, -0.15) is 4.68 Å². The molecule has 0 aliphatic rings. The van der Waals surface area contributed by atoms with Gasteiger partial charge in [-0.1, -0.05) is 17.3 Å². The quantitative estimate of drug-likeness (QED) is 0.696. The number of para-hydroxylation sites is 1. The number of nitrogens with zero attached hydrogens (tertiary/aromatic N) is 3. The Hall–Kier alpha value is -2.34. The molecule has 0 spiro atoms. The maximum atomic E-state index is 12.7. The van der Waals surface area contributed by atoms with Crippen LogP contribution in [0.15, 0.2) is 47.4 Å². The molecule has 0 unspecified atom stereocenters. The Kier molecular flexibility index (Phi) is 3.62. The predicted octanol–water partition coefficient (Wildman–Crippen LogP) is 2.85. The van der Waals surface area contributed by atoms with Gasteiger partial charge in [0.05, 0.1) is 18.2 Å². The summed E-state index contributed by atoms with van der Waals surface area (Å²) in [6.45, 7) is 0. The van der Waals surface area contributed by atoms with Gasteiger partial charge in [-0.15, -0.1) is 16.9 Å². The summed E-state index contributed by atoms with van der Waals surface area (Å²) in [6.07, 6.45) is 1.97. The molecule has 6 heteroatoms. The number of benzene rings is 2. The summed E-state index contributed by atoms with van der Waals surface area (Å²) in [5.74, 6) is 0.277. The van der Waals surface area contributed by atoms with Crippen molar-refractivity contribution in [1.29, 1.82) is 0 Å². The van der Waals surface area contributed by atoms with E-state index in [-0.39, 0.29) is 5.91 Å². The molecular weight excluding hydrogens is 286 g/mol. The first-order valence-electron chi connectivity index (χ1n) is 6.32. The van der Waals surface area contributed by atoms with Gasteiger partial charge < -0.3 is 4.74 Å². The fraction of sp³-hybridized carbons (Fsp3) is 0.133. The lowest BCUT2D eigenvalue weighted by molar-refractivity contribution is 0.0945. The van der Waals surface area contributed by atoms with Crippen LogP contribution in [-0.2, 0) is 0 Å². The number of fused-ring (bicyclic) bond motifs is 1. The number of methoxy groups -OCH3 is 1. The van der Waals surface area contributed by atoms with E-state index in [1.165, 1.54) is 4.68 Å². The summed E-state index contributed by atoms with van der Waals surface area (Å²) < 4.78 is 6.62. The largest absolute Gasteiger partial charge is 0.496 e. The second-order valence-corrected chi connectivity index (χ2v) is 5.24. The normalized spacial score (nSPS) is 10.8. The molecule has 106 valence electrons. The minimum Gasteiger partial charge on any atom is -0.496 e. The van der Waals surface area contributed by atoms with Crippen molar-refractivity contribution in [3.63, 3.8) is 0 Å². The molecule has 21 heavy (non-hydrogen) atoms. The molecule has 5 nitrogen and oxygen atoms in total. The van der Waals surface area contributed by atoms with Crippen molar-refractivity contribution < 1.29 is 9.53 Å². The van der Waals surface area contributed by atoms with E-state index in [9.17, 15) is 4.79 Å². The van der Waals surface area contributed by atoms with Crippen LogP contribution in [0.5, 0.6) is 5.75 Å². The molecule has 0 amide bonds. The van der Waals surface area contributed by atoms with Crippen molar-refractivity contribution in [2.45, 2.75) is 4.90 Å². The number of hydrogen-bond acceptors (Lipinski definition) is 5. The Morgan fingerprint density at radius 3 is 2.81 bits per heavy atom. The summed E-state index contributed by atoms with van der Waals surface area (Å²) in [7, 11) is 1.55. The molecule has 0 saturated heterocycles. The molecule has 3 rings (SSSR count). The smallest absolute Gasteiger partial charge is 0.283 e. The van der Waals surface area contributed by atoms with E-state index in [1.54, 1.807) is 24.9 Å². The zero-order valence-corrected chi connectivity index (χ0v) is 12.4. The fourth-order valence-electron chi connectivity index (χ4n) is 2.11. The fourth-order valence-corrected chi connectivity index (χ4v) is 2.54. The molecule has 0 atom stereocenters. The zero-order chi connectivity index (χ0) is 14.8. The lowest BCUT2D eigenvalue weighted by atomic mass is 10.2. The molecule has 0 aliphatic heterocycles. The third-order valence-electron chi connectivity index (χ3n) is 3.18. The number of carbonyl (C=O) groups excluding carboxylic acids is 1. The minimum absolute atomic E-state index is 0.256. The standard InChI is InChI=1S/C15H13N3O2S/c1-20-14-9-10(21-2)7-8-11(14)15(19)18-13-6-4-3-5-12(13)16-17-18/h3-9H,1-2H3. The lowest BCUT2D eigenvalue weighted by Gasteiger charge is -2.09. The predicted molar refractivity (Wildman–Crippen MR) is 82.0 cm³/mol. The van der Waals surface area contributed by atoms with E-state index in [0.29, 0.717) is 22.3 Å². The van der Waals surface area contributed by atoms with Crippen molar-refractivity contribution in [3.8, 4) is 5.75 Å². The number of ether oxygens (including phenoxy) is 1. The third kappa shape index (κ3) is 2.38. The molecule has 1 heterocycles. The van der Waals surface area contributed by atoms with Gasteiger partial charge in [0.15, 0.2) is 0 Å². The van der Waals surface area contributed by atoms with E-state index in [2.05, 4.69) is 10.3 Å². The summed E-state index contributed by atoms with van der Waals surface area (Å²) in [5, 5.41) is 7.95. The lowest BCUT2D eigenvalue weighted by Crippen LogP contribution is -2.14. The number of rotatable bonds is 3. The van der Waals surface area contributed by atoms with Gasteiger partial charge in [0.2, 0.25) is 0 Å². The monoisotopic (exact) mass is 299 g/mol. The number of aromatic nitrogens is 3. The summed E-state index contributed by atoms with van der Waals surface area (Å²) in [5.41, 5.74) is 1.83. The molecular formula is C15H13N3O2S. The first-order chi connectivity index (χ1) is 10.2. The molecule has 2 aromatic carbocycles. The van der Waals surface area contributed by atoms with Gasteiger partial charge in [0, 0.05) is 4.90 Å². The van der Waals surface area contributed by atoms with E-state index in [0.717, 1.165) is 4.90 Å². The number of carbonyl (C=O) groups is 1. The highest BCUT2D eigenvalue weighted by Crippen LogP contribution is 2.26. The molecule has 0 fully saturated rings. The average Bonchev–Trinajstić information content (AvgIpc) is 2.97. The van der Waals surface area contributed by atoms with E-state index >= 15 is 0 Å². The summed E-state index contributed by atoms with van der Waals surface area (Å²) in [4.78, 5) is 13.7. The van der Waals surface area contributed by atoms with Crippen molar-refractivity contribution >= 4 is 28.7 Å². The maximum Gasteiger partial charge on any atom is 0.283 e. The van der Waals surface area contributed by atoms with Crippen LogP contribution in [0.25, 0.3) is 11.0 Å². The first-order valence-corrected chi connectivity index (χ1v) is 7.54. The molecule has 3 aromatic rings. The van der Waals surface area contributed by atoms with Gasteiger partial charge >= 0.3 is 0 Å². The molecule has 1 aromatic heterocycles. The number of hydrogen-bond donors (Lipinski definition) is 0.